The first kappa shape index (κ1) is 21.4. The number of nitrogens with one attached hydrogen (secondary N) is 3. The summed E-state index contributed by atoms with van der Waals surface area (Å²) in [5.41, 5.74) is 1.72. The fourth-order valence-corrected chi connectivity index (χ4v) is 3.65. The van der Waals surface area contributed by atoms with E-state index in [1.807, 2.05) is 13.0 Å². The van der Waals surface area contributed by atoms with E-state index in [2.05, 4.69) is 37.7 Å². The van der Waals surface area contributed by atoms with E-state index in [0.717, 1.165) is 49.7 Å². The van der Waals surface area contributed by atoms with Crippen LogP contribution in [0.3, 0.4) is 0 Å². The Hall–Kier alpha value is -2.85. The number of anilines is 1. The summed E-state index contributed by atoms with van der Waals surface area (Å²) in [4.78, 5) is 14.1. The highest BCUT2D eigenvalue weighted by Crippen LogP contribution is 2.15. The normalized spacial score (nSPS) is 20.2. The Morgan fingerprint density at radius 3 is 2.58 bits per heavy atom. The van der Waals surface area contributed by atoms with Gasteiger partial charge in [0, 0.05) is 44.4 Å². The van der Waals surface area contributed by atoms with Gasteiger partial charge in [0.05, 0.1) is 0 Å². The van der Waals surface area contributed by atoms with Crippen LogP contribution < -0.4 is 10.6 Å². The molecule has 1 unspecified atom stereocenters. The van der Waals surface area contributed by atoms with Crippen LogP contribution in [0, 0.1) is 18.6 Å². The van der Waals surface area contributed by atoms with E-state index in [-0.39, 0.29) is 6.29 Å². The standard InChI is InChI=1S/C21H28F2N8/c1-14-12-19(29-28-14)25-20-24-18(5-3-4-15-6-7-16(22)17(23)13-15)26-21(27-20)31-10-8-30(2)9-11-31/h6-7,12-13,21H,3-5,8-11H2,1-2H3,(H3,24,25,26,27,28,29). The molecule has 10 heteroatoms. The Labute approximate surface area is 180 Å². The van der Waals surface area contributed by atoms with Gasteiger partial charge in [0.1, 0.15) is 5.84 Å². The molecular formula is C21H28F2N8. The summed E-state index contributed by atoms with van der Waals surface area (Å²) < 4.78 is 26.6. The van der Waals surface area contributed by atoms with E-state index in [1.165, 1.54) is 12.1 Å². The Bertz CT molecular complexity index is 962. The number of aryl methyl sites for hydroxylation is 2. The van der Waals surface area contributed by atoms with Crippen LogP contribution in [0.4, 0.5) is 14.6 Å². The van der Waals surface area contributed by atoms with Gasteiger partial charge in [-0.05, 0) is 44.5 Å². The third-order valence-corrected chi connectivity index (χ3v) is 5.46. The number of H-pyrrole nitrogens is 1. The molecule has 2 aromatic rings. The molecule has 0 saturated carbocycles. The molecule has 0 radical (unpaired) electrons. The molecule has 0 bridgehead atoms. The maximum Gasteiger partial charge on any atom is 0.205 e. The number of nitrogens with zero attached hydrogens (tertiary/aromatic N) is 5. The molecule has 166 valence electrons. The second-order valence-corrected chi connectivity index (χ2v) is 8.03. The number of halogens is 2. The number of hydrogen-bond donors (Lipinski definition) is 3. The average Bonchev–Trinajstić information content (AvgIpc) is 3.15. The van der Waals surface area contributed by atoms with Crippen LogP contribution in [0.2, 0.25) is 0 Å². The highest BCUT2D eigenvalue weighted by molar-refractivity contribution is 6.06. The van der Waals surface area contributed by atoms with Crippen LogP contribution in [0.25, 0.3) is 0 Å². The first-order chi connectivity index (χ1) is 15.0. The molecule has 4 rings (SSSR count). The van der Waals surface area contributed by atoms with Crippen molar-refractivity contribution in [3.63, 3.8) is 0 Å². The molecule has 2 aliphatic heterocycles. The molecule has 1 aromatic heterocycles. The number of aromatic amines is 1. The number of aromatic nitrogens is 2. The van der Waals surface area contributed by atoms with Gasteiger partial charge in [-0.2, -0.15) is 5.10 Å². The molecular weight excluding hydrogens is 402 g/mol. The second kappa shape index (κ2) is 9.52. The summed E-state index contributed by atoms with van der Waals surface area (Å²) in [5, 5.41) is 13.6. The van der Waals surface area contributed by atoms with Crippen LogP contribution in [-0.4, -0.2) is 71.3 Å². The lowest BCUT2D eigenvalue weighted by molar-refractivity contribution is 0.117. The predicted octanol–water partition coefficient (Wildman–Crippen LogP) is 2.32. The molecule has 8 nitrogen and oxygen atoms in total. The molecule has 0 amide bonds. The van der Waals surface area contributed by atoms with Crippen molar-refractivity contribution < 1.29 is 8.78 Å². The minimum absolute atomic E-state index is 0.296. The number of aliphatic imine (C=N–C) groups is 2. The Morgan fingerprint density at radius 2 is 1.87 bits per heavy atom. The van der Waals surface area contributed by atoms with E-state index in [4.69, 9.17) is 9.98 Å². The first-order valence-corrected chi connectivity index (χ1v) is 10.5. The summed E-state index contributed by atoms with van der Waals surface area (Å²) in [5.74, 6) is 0.472. The molecule has 1 saturated heterocycles. The van der Waals surface area contributed by atoms with Crippen LogP contribution in [-0.2, 0) is 6.42 Å². The van der Waals surface area contributed by atoms with Crippen molar-refractivity contribution in [3.05, 3.63) is 47.2 Å². The maximum atomic E-state index is 13.5. The number of hydrogen-bond acceptors (Lipinski definition) is 7. The second-order valence-electron chi connectivity index (χ2n) is 8.03. The number of piperazine rings is 1. The minimum Gasteiger partial charge on any atom is -0.314 e. The summed E-state index contributed by atoms with van der Waals surface area (Å²) in [7, 11) is 2.11. The Balaban J connectivity index is 1.42. The number of guanidine groups is 1. The third kappa shape index (κ3) is 5.65. The highest BCUT2D eigenvalue weighted by atomic mass is 19.2. The van der Waals surface area contributed by atoms with Crippen molar-refractivity contribution in [1.82, 2.24) is 25.3 Å². The highest BCUT2D eigenvalue weighted by Gasteiger charge is 2.25. The summed E-state index contributed by atoms with van der Waals surface area (Å²) >= 11 is 0. The maximum absolute atomic E-state index is 13.5. The number of benzene rings is 1. The van der Waals surface area contributed by atoms with E-state index < -0.39 is 11.6 Å². The average molecular weight is 431 g/mol. The van der Waals surface area contributed by atoms with Gasteiger partial charge in [-0.25, -0.2) is 18.8 Å². The predicted molar refractivity (Wildman–Crippen MR) is 117 cm³/mol. The molecule has 0 spiro atoms. The smallest absolute Gasteiger partial charge is 0.205 e. The van der Waals surface area contributed by atoms with Crippen LogP contribution in [0.1, 0.15) is 24.1 Å². The van der Waals surface area contributed by atoms with Gasteiger partial charge < -0.3 is 15.5 Å². The van der Waals surface area contributed by atoms with Gasteiger partial charge in [0.15, 0.2) is 17.5 Å². The van der Waals surface area contributed by atoms with Crippen molar-refractivity contribution in [1.29, 1.82) is 0 Å². The molecule has 1 atom stereocenters. The Morgan fingerprint density at radius 1 is 1.06 bits per heavy atom. The summed E-state index contributed by atoms with van der Waals surface area (Å²) in [6.07, 6.45) is 1.76. The quantitative estimate of drug-likeness (QED) is 0.655. The minimum atomic E-state index is -0.822. The third-order valence-electron chi connectivity index (χ3n) is 5.46. The summed E-state index contributed by atoms with van der Waals surface area (Å²) in [6.45, 7) is 5.67. The van der Waals surface area contributed by atoms with Gasteiger partial charge in [0.25, 0.3) is 0 Å². The molecule has 1 aromatic carbocycles. The molecule has 31 heavy (non-hydrogen) atoms. The Kier molecular flexibility index (Phi) is 6.57. The molecule has 3 heterocycles. The van der Waals surface area contributed by atoms with Crippen molar-refractivity contribution in [2.24, 2.45) is 9.98 Å². The van der Waals surface area contributed by atoms with E-state index in [1.54, 1.807) is 6.07 Å². The van der Waals surface area contributed by atoms with Gasteiger partial charge in [-0.3, -0.25) is 10.00 Å². The molecule has 2 aliphatic rings. The van der Waals surface area contributed by atoms with Crippen LogP contribution in [0.5, 0.6) is 0 Å². The van der Waals surface area contributed by atoms with E-state index in [9.17, 15) is 8.78 Å². The number of amidine groups is 1. The SMILES string of the molecule is Cc1cc(NC2=NC(N3CCN(C)CC3)N=C(CCCc3ccc(F)c(F)c3)N2)n[nH]1. The van der Waals surface area contributed by atoms with Crippen molar-refractivity contribution in [2.45, 2.75) is 32.5 Å². The topological polar surface area (TPSA) is 83.9 Å². The van der Waals surface area contributed by atoms with E-state index in [0.29, 0.717) is 24.6 Å². The lowest BCUT2D eigenvalue weighted by Crippen LogP contribution is -2.51. The monoisotopic (exact) mass is 430 g/mol. The van der Waals surface area contributed by atoms with Crippen molar-refractivity contribution in [3.8, 4) is 0 Å². The van der Waals surface area contributed by atoms with Crippen LogP contribution >= 0.6 is 0 Å². The van der Waals surface area contributed by atoms with Gasteiger partial charge in [-0.1, -0.05) is 6.07 Å². The number of rotatable bonds is 6. The number of likely N-dealkylation sites (N-methyl/N-ethyl adjacent to an activating group) is 1. The van der Waals surface area contributed by atoms with E-state index >= 15 is 0 Å². The lowest BCUT2D eigenvalue weighted by Gasteiger charge is -2.36. The molecule has 1 fully saturated rings. The van der Waals surface area contributed by atoms with Crippen molar-refractivity contribution in [2.75, 3.05) is 38.5 Å². The molecule has 0 aliphatic carbocycles. The van der Waals surface area contributed by atoms with Crippen LogP contribution in [0.15, 0.2) is 34.3 Å². The van der Waals surface area contributed by atoms with Gasteiger partial charge >= 0.3 is 0 Å². The fraction of sp³-hybridized carbons (Fsp3) is 0.476. The zero-order chi connectivity index (χ0) is 21.8. The molecule has 3 N–H and O–H groups in total. The first-order valence-electron chi connectivity index (χ1n) is 10.5. The fourth-order valence-electron chi connectivity index (χ4n) is 3.65. The zero-order valence-corrected chi connectivity index (χ0v) is 17.8. The summed E-state index contributed by atoms with van der Waals surface area (Å²) in [6, 6.07) is 5.96. The largest absolute Gasteiger partial charge is 0.314 e. The van der Waals surface area contributed by atoms with Crippen molar-refractivity contribution >= 4 is 17.6 Å². The zero-order valence-electron chi connectivity index (χ0n) is 17.8. The van der Waals surface area contributed by atoms with Gasteiger partial charge in [-0.15, -0.1) is 0 Å². The lowest BCUT2D eigenvalue weighted by atomic mass is 10.1. The van der Waals surface area contributed by atoms with Gasteiger partial charge in [0.2, 0.25) is 12.2 Å².